The Bertz CT molecular complexity index is 687. The lowest BCUT2D eigenvalue weighted by atomic mass is 10.0. The highest BCUT2D eigenvalue weighted by atomic mass is 16.5. The summed E-state index contributed by atoms with van der Waals surface area (Å²) < 4.78 is 5.43. The summed E-state index contributed by atoms with van der Waals surface area (Å²) in [5.74, 6) is -0.0876. The highest BCUT2D eigenvalue weighted by Crippen LogP contribution is 2.15. The number of hydrogen-bond donors (Lipinski definition) is 3. The van der Waals surface area contributed by atoms with Crippen molar-refractivity contribution in [2.24, 2.45) is 0 Å². The van der Waals surface area contributed by atoms with E-state index in [4.69, 9.17) is 4.74 Å². The molecule has 0 radical (unpaired) electrons. The van der Waals surface area contributed by atoms with Gasteiger partial charge < -0.3 is 20.3 Å². The van der Waals surface area contributed by atoms with Crippen LogP contribution in [-0.2, 0) is 14.3 Å². The first-order valence-corrected chi connectivity index (χ1v) is 21.8. The van der Waals surface area contributed by atoms with Crippen molar-refractivity contribution in [2.75, 3.05) is 13.2 Å². The van der Waals surface area contributed by atoms with Gasteiger partial charge in [-0.15, -0.1) is 0 Å². The van der Waals surface area contributed by atoms with Crippen LogP contribution in [0.1, 0.15) is 239 Å². The Morgan fingerprint density at radius 1 is 0.490 bits per heavy atom. The minimum absolute atomic E-state index is 0.0239. The van der Waals surface area contributed by atoms with E-state index in [2.05, 4.69) is 19.2 Å². The molecule has 0 aliphatic rings. The molecule has 0 heterocycles. The van der Waals surface area contributed by atoms with Gasteiger partial charge in [0.2, 0.25) is 5.91 Å². The maximum atomic E-state index is 12.4. The summed E-state index contributed by atoms with van der Waals surface area (Å²) in [6.45, 7) is 4.87. The van der Waals surface area contributed by atoms with E-state index in [9.17, 15) is 19.8 Å². The van der Waals surface area contributed by atoms with E-state index in [-0.39, 0.29) is 18.5 Å². The molecule has 3 N–H and O–H groups in total. The zero-order valence-electron chi connectivity index (χ0n) is 32.9. The van der Waals surface area contributed by atoms with Crippen LogP contribution >= 0.6 is 0 Å². The van der Waals surface area contributed by atoms with Gasteiger partial charge in [0.1, 0.15) is 0 Å². The number of amides is 1. The van der Waals surface area contributed by atoms with Crippen molar-refractivity contribution in [1.29, 1.82) is 0 Å². The van der Waals surface area contributed by atoms with Gasteiger partial charge in [0.05, 0.1) is 25.4 Å². The molecule has 0 saturated carbocycles. The number of aliphatic hydroxyl groups is 2. The van der Waals surface area contributed by atoms with Gasteiger partial charge in [-0.1, -0.05) is 200 Å². The smallest absolute Gasteiger partial charge is 0.305 e. The van der Waals surface area contributed by atoms with E-state index >= 15 is 0 Å². The van der Waals surface area contributed by atoms with E-state index in [1.807, 2.05) is 0 Å². The molecular weight excluding hydrogens is 610 g/mol. The summed E-state index contributed by atoms with van der Waals surface area (Å²) in [6.07, 6.45) is 40.5. The van der Waals surface area contributed by atoms with Gasteiger partial charge >= 0.3 is 5.97 Å². The number of esters is 1. The standard InChI is InChI=1S/C43H85NO5/c1-3-5-7-9-11-13-15-16-17-21-25-29-33-37-43(48)49-38-34-30-26-22-18-20-24-28-32-36-42(47)44-40(39-45)41(46)35-31-27-23-19-14-12-10-8-6-4-2/h40-41,45-46H,3-39H2,1-2H3,(H,44,47). The molecule has 0 saturated heterocycles. The van der Waals surface area contributed by atoms with Gasteiger partial charge in [-0.05, 0) is 25.7 Å². The SMILES string of the molecule is CCCCCCCCCCCCCCCC(=O)OCCCCCCCCCCCC(=O)NC(CO)C(O)CCCCCCCCCCCC. The molecule has 6 nitrogen and oxygen atoms in total. The maximum absolute atomic E-state index is 12.4. The first-order valence-electron chi connectivity index (χ1n) is 21.8. The van der Waals surface area contributed by atoms with Crippen molar-refractivity contribution in [3.8, 4) is 0 Å². The molecule has 0 aromatic rings. The summed E-state index contributed by atoms with van der Waals surface area (Å²) in [5, 5.41) is 23.0. The Morgan fingerprint density at radius 3 is 1.24 bits per heavy atom. The minimum atomic E-state index is -0.677. The van der Waals surface area contributed by atoms with Gasteiger partial charge in [0.15, 0.2) is 0 Å². The van der Waals surface area contributed by atoms with E-state index in [1.165, 1.54) is 148 Å². The van der Waals surface area contributed by atoms with Crippen LogP contribution in [0.4, 0.5) is 0 Å². The monoisotopic (exact) mass is 696 g/mol. The Labute approximate surface area is 305 Å². The van der Waals surface area contributed by atoms with E-state index in [0.29, 0.717) is 25.9 Å². The number of aliphatic hydroxyl groups excluding tert-OH is 2. The zero-order valence-corrected chi connectivity index (χ0v) is 32.9. The third-order valence-electron chi connectivity index (χ3n) is 10.2. The molecule has 2 unspecified atom stereocenters. The Balaban J connectivity index is 3.47. The highest BCUT2D eigenvalue weighted by molar-refractivity contribution is 5.76. The second-order valence-electron chi connectivity index (χ2n) is 15.0. The van der Waals surface area contributed by atoms with Crippen LogP contribution in [0, 0.1) is 0 Å². The van der Waals surface area contributed by atoms with Crippen LogP contribution in [-0.4, -0.2) is 47.4 Å². The normalized spacial score (nSPS) is 12.7. The molecule has 6 heteroatoms. The van der Waals surface area contributed by atoms with E-state index in [1.54, 1.807) is 0 Å². The molecule has 292 valence electrons. The summed E-state index contributed by atoms with van der Waals surface area (Å²) in [6, 6.07) is -0.557. The van der Waals surface area contributed by atoms with Gasteiger partial charge in [0, 0.05) is 12.8 Å². The second-order valence-corrected chi connectivity index (χ2v) is 15.0. The summed E-state index contributed by atoms with van der Waals surface area (Å²) >= 11 is 0. The number of hydrogen-bond acceptors (Lipinski definition) is 5. The highest BCUT2D eigenvalue weighted by Gasteiger charge is 2.20. The van der Waals surface area contributed by atoms with Crippen molar-refractivity contribution >= 4 is 11.9 Å². The number of unbranched alkanes of at least 4 members (excludes halogenated alkanes) is 29. The molecule has 1 amide bonds. The minimum Gasteiger partial charge on any atom is -0.466 e. The van der Waals surface area contributed by atoms with Crippen LogP contribution in [0.15, 0.2) is 0 Å². The van der Waals surface area contributed by atoms with Crippen LogP contribution in [0.3, 0.4) is 0 Å². The molecule has 2 atom stereocenters. The first-order chi connectivity index (χ1) is 24.0. The zero-order chi connectivity index (χ0) is 35.9. The van der Waals surface area contributed by atoms with Crippen LogP contribution in [0.2, 0.25) is 0 Å². The molecule has 0 aliphatic carbocycles. The molecular formula is C43H85NO5. The molecule has 0 aliphatic heterocycles. The summed E-state index contributed by atoms with van der Waals surface area (Å²) in [5.41, 5.74) is 0. The fourth-order valence-corrected chi connectivity index (χ4v) is 6.75. The molecule has 0 aromatic heterocycles. The van der Waals surface area contributed by atoms with Crippen molar-refractivity contribution < 1.29 is 24.5 Å². The third kappa shape index (κ3) is 36.5. The number of nitrogens with one attached hydrogen (secondary N) is 1. The van der Waals surface area contributed by atoms with Crippen molar-refractivity contribution in [2.45, 2.75) is 251 Å². The summed E-state index contributed by atoms with van der Waals surface area (Å²) in [7, 11) is 0. The average Bonchev–Trinajstić information content (AvgIpc) is 3.10. The molecule has 0 rings (SSSR count). The lowest BCUT2D eigenvalue weighted by Gasteiger charge is -2.22. The molecule has 0 aromatic carbocycles. The quantitative estimate of drug-likeness (QED) is 0.0438. The van der Waals surface area contributed by atoms with Gasteiger partial charge in [-0.2, -0.15) is 0 Å². The molecule has 49 heavy (non-hydrogen) atoms. The van der Waals surface area contributed by atoms with Crippen LogP contribution in [0.25, 0.3) is 0 Å². The lowest BCUT2D eigenvalue weighted by Crippen LogP contribution is -2.45. The fraction of sp³-hybridized carbons (Fsp3) is 0.953. The van der Waals surface area contributed by atoms with Gasteiger partial charge in [-0.3, -0.25) is 9.59 Å². The maximum Gasteiger partial charge on any atom is 0.305 e. The van der Waals surface area contributed by atoms with Crippen LogP contribution in [0.5, 0.6) is 0 Å². The van der Waals surface area contributed by atoms with Crippen molar-refractivity contribution in [3.05, 3.63) is 0 Å². The predicted molar refractivity (Wildman–Crippen MR) is 209 cm³/mol. The number of ether oxygens (including phenoxy) is 1. The molecule has 0 bridgehead atoms. The number of rotatable bonds is 40. The summed E-state index contributed by atoms with van der Waals surface area (Å²) in [4.78, 5) is 24.3. The fourth-order valence-electron chi connectivity index (χ4n) is 6.75. The number of carbonyl (C=O) groups excluding carboxylic acids is 2. The molecule has 0 fully saturated rings. The van der Waals surface area contributed by atoms with Gasteiger partial charge in [-0.25, -0.2) is 0 Å². The van der Waals surface area contributed by atoms with Crippen LogP contribution < -0.4 is 5.32 Å². The van der Waals surface area contributed by atoms with Crippen molar-refractivity contribution in [1.82, 2.24) is 5.32 Å². The number of carbonyl (C=O) groups is 2. The largest absolute Gasteiger partial charge is 0.466 e. The van der Waals surface area contributed by atoms with Crippen molar-refractivity contribution in [3.63, 3.8) is 0 Å². The van der Waals surface area contributed by atoms with E-state index < -0.39 is 12.1 Å². The first kappa shape index (κ1) is 47.9. The second kappa shape index (κ2) is 39.6. The Morgan fingerprint density at radius 2 is 0.837 bits per heavy atom. The molecule has 0 spiro atoms. The lowest BCUT2D eigenvalue weighted by molar-refractivity contribution is -0.143. The Hall–Kier alpha value is -1.14. The average molecular weight is 696 g/mol. The Kier molecular flexibility index (Phi) is 38.7. The predicted octanol–water partition coefficient (Wildman–Crippen LogP) is 12.1. The topological polar surface area (TPSA) is 95.9 Å². The van der Waals surface area contributed by atoms with E-state index in [0.717, 1.165) is 57.8 Å². The van der Waals surface area contributed by atoms with Gasteiger partial charge in [0.25, 0.3) is 0 Å². The third-order valence-corrected chi connectivity index (χ3v) is 10.2.